The summed E-state index contributed by atoms with van der Waals surface area (Å²) in [6, 6.07) is 21.3. The summed E-state index contributed by atoms with van der Waals surface area (Å²) in [5.41, 5.74) is 3.99. The minimum absolute atomic E-state index is 0.00332. The molecule has 0 spiro atoms. The summed E-state index contributed by atoms with van der Waals surface area (Å²) in [7, 11) is -3.71. The summed E-state index contributed by atoms with van der Waals surface area (Å²) < 4.78 is 33.3. The zero-order chi connectivity index (χ0) is 22.6. The predicted octanol–water partition coefficient (Wildman–Crippen LogP) is 4.37. The van der Waals surface area contributed by atoms with Crippen LogP contribution in [0, 0.1) is 6.92 Å². The predicted molar refractivity (Wildman–Crippen MR) is 124 cm³/mol. The van der Waals surface area contributed by atoms with Crippen LogP contribution in [0.2, 0.25) is 0 Å². The van der Waals surface area contributed by atoms with Crippen LogP contribution in [-0.4, -0.2) is 20.9 Å². The maximum atomic E-state index is 12.6. The van der Waals surface area contributed by atoms with E-state index in [-0.39, 0.29) is 23.5 Å². The van der Waals surface area contributed by atoms with E-state index in [2.05, 4.69) is 22.2 Å². The van der Waals surface area contributed by atoms with Gasteiger partial charge in [0.05, 0.1) is 10.9 Å². The number of hydrogen-bond donors (Lipinski definition) is 2. The summed E-state index contributed by atoms with van der Waals surface area (Å²) in [4.78, 5) is 12.5. The lowest BCUT2D eigenvalue weighted by atomic mass is 9.88. The molecule has 1 amide bonds. The van der Waals surface area contributed by atoms with Crippen LogP contribution in [0.5, 0.6) is 5.75 Å². The molecular weight excluding hydrogens is 424 g/mol. The van der Waals surface area contributed by atoms with Crippen molar-refractivity contribution in [1.29, 1.82) is 0 Å². The monoisotopic (exact) mass is 450 g/mol. The van der Waals surface area contributed by atoms with E-state index in [4.69, 9.17) is 4.74 Å². The molecule has 0 aromatic heterocycles. The molecule has 0 bridgehead atoms. The SMILES string of the molecule is Cc1ccc(NS(=O)(=O)c2ccc(OCC(=O)N[C@H]3CCCc4ccccc43)cc2)cc1. The zero-order valence-electron chi connectivity index (χ0n) is 17.9. The number of rotatable bonds is 7. The molecule has 6 nitrogen and oxygen atoms in total. The second-order valence-corrected chi connectivity index (χ2v) is 9.63. The number of carbonyl (C=O) groups is 1. The van der Waals surface area contributed by atoms with Gasteiger partial charge in [-0.3, -0.25) is 9.52 Å². The molecule has 0 heterocycles. The lowest BCUT2D eigenvalue weighted by Gasteiger charge is -2.26. The summed E-state index contributed by atoms with van der Waals surface area (Å²) in [6.45, 7) is 1.80. The van der Waals surface area contributed by atoms with Crippen LogP contribution in [0.3, 0.4) is 0 Å². The van der Waals surface area contributed by atoms with Crippen molar-refractivity contribution < 1.29 is 17.9 Å². The van der Waals surface area contributed by atoms with Gasteiger partial charge in [0.2, 0.25) is 0 Å². The smallest absolute Gasteiger partial charge is 0.261 e. The summed E-state index contributed by atoms with van der Waals surface area (Å²) in [5, 5.41) is 3.04. The second kappa shape index (κ2) is 9.44. The van der Waals surface area contributed by atoms with Crippen molar-refractivity contribution in [2.75, 3.05) is 11.3 Å². The molecule has 3 aromatic carbocycles. The third kappa shape index (κ3) is 5.29. The number of ether oxygens (including phenoxy) is 1. The van der Waals surface area contributed by atoms with E-state index in [1.54, 1.807) is 24.3 Å². The van der Waals surface area contributed by atoms with Crippen LogP contribution in [0.25, 0.3) is 0 Å². The molecule has 0 radical (unpaired) electrons. The summed E-state index contributed by atoms with van der Waals surface area (Å²) >= 11 is 0. The van der Waals surface area contributed by atoms with Crippen molar-refractivity contribution >= 4 is 21.6 Å². The lowest BCUT2D eigenvalue weighted by Crippen LogP contribution is -2.34. The van der Waals surface area contributed by atoms with Gasteiger partial charge in [-0.25, -0.2) is 8.42 Å². The Balaban J connectivity index is 1.33. The molecule has 4 rings (SSSR count). The van der Waals surface area contributed by atoms with Crippen molar-refractivity contribution in [1.82, 2.24) is 5.32 Å². The topological polar surface area (TPSA) is 84.5 Å². The van der Waals surface area contributed by atoms with Gasteiger partial charge in [-0.2, -0.15) is 0 Å². The van der Waals surface area contributed by atoms with Crippen molar-refractivity contribution in [3.05, 3.63) is 89.5 Å². The molecule has 0 saturated heterocycles. The third-order valence-corrected chi connectivity index (χ3v) is 6.91. The molecule has 1 aliphatic carbocycles. The molecule has 2 N–H and O–H groups in total. The highest BCUT2D eigenvalue weighted by atomic mass is 32.2. The highest BCUT2D eigenvalue weighted by Gasteiger charge is 2.21. The lowest BCUT2D eigenvalue weighted by molar-refractivity contribution is -0.124. The van der Waals surface area contributed by atoms with E-state index in [9.17, 15) is 13.2 Å². The number of amides is 1. The number of aryl methyl sites for hydroxylation is 2. The first kappa shape index (κ1) is 21.9. The Morgan fingerprint density at radius 1 is 1.00 bits per heavy atom. The van der Waals surface area contributed by atoms with Gasteiger partial charge in [-0.1, -0.05) is 42.0 Å². The second-order valence-electron chi connectivity index (χ2n) is 7.94. The minimum Gasteiger partial charge on any atom is -0.484 e. The normalized spacial score (nSPS) is 15.5. The first-order valence-corrected chi connectivity index (χ1v) is 12.1. The van der Waals surface area contributed by atoms with E-state index in [1.807, 2.05) is 31.2 Å². The molecule has 0 saturated carbocycles. The Kier molecular flexibility index (Phi) is 6.46. The molecule has 0 fully saturated rings. The van der Waals surface area contributed by atoms with E-state index in [1.165, 1.54) is 23.3 Å². The Bertz CT molecular complexity index is 1190. The Hall–Kier alpha value is -3.32. The largest absolute Gasteiger partial charge is 0.484 e. The molecule has 1 atom stereocenters. The average Bonchev–Trinajstić information content (AvgIpc) is 2.80. The van der Waals surface area contributed by atoms with E-state index < -0.39 is 10.0 Å². The first-order chi connectivity index (χ1) is 15.4. The van der Waals surface area contributed by atoms with Crippen LogP contribution in [0.4, 0.5) is 5.69 Å². The van der Waals surface area contributed by atoms with Crippen molar-refractivity contribution in [3.8, 4) is 5.75 Å². The van der Waals surface area contributed by atoms with Gasteiger partial charge in [0.25, 0.3) is 15.9 Å². The van der Waals surface area contributed by atoms with Crippen molar-refractivity contribution in [2.45, 2.75) is 37.1 Å². The van der Waals surface area contributed by atoms with Crippen molar-refractivity contribution in [2.24, 2.45) is 0 Å². The molecule has 32 heavy (non-hydrogen) atoms. The summed E-state index contributed by atoms with van der Waals surface area (Å²) in [6.07, 6.45) is 2.98. The summed E-state index contributed by atoms with van der Waals surface area (Å²) in [5.74, 6) is 0.225. The number of hydrogen-bond acceptors (Lipinski definition) is 4. The molecule has 166 valence electrons. The highest BCUT2D eigenvalue weighted by Crippen LogP contribution is 2.29. The quantitative estimate of drug-likeness (QED) is 0.560. The van der Waals surface area contributed by atoms with Crippen LogP contribution >= 0.6 is 0 Å². The van der Waals surface area contributed by atoms with E-state index in [0.717, 1.165) is 24.8 Å². The van der Waals surface area contributed by atoms with Gasteiger partial charge < -0.3 is 10.1 Å². The molecule has 3 aromatic rings. The maximum absolute atomic E-state index is 12.6. The van der Waals surface area contributed by atoms with Crippen LogP contribution < -0.4 is 14.8 Å². The number of fused-ring (bicyclic) bond motifs is 1. The van der Waals surface area contributed by atoms with E-state index >= 15 is 0 Å². The molecule has 0 aliphatic heterocycles. The molecule has 1 aliphatic rings. The Labute approximate surface area is 188 Å². The van der Waals surface area contributed by atoms with Gasteiger partial charge in [0.1, 0.15) is 5.75 Å². The number of benzene rings is 3. The fourth-order valence-electron chi connectivity index (χ4n) is 3.84. The maximum Gasteiger partial charge on any atom is 0.261 e. The van der Waals surface area contributed by atoms with Gasteiger partial charge >= 0.3 is 0 Å². The van der Waals surface area contributed by atoms with Gasteiger partial charge in [0.15, 0.2) is 6.61 Å². The fraction of sp³-hybridized carbons (Fsp3) is 0.240. The minimum atomic E-state index is -3.71. The molecule has 0 unspecified atom stereocenters. The van der Waals surface area contributed by atoms with Gasteiger partial charge in [-0.05, 0) is 73.7 Å². The average molecular weight is 451 g/mol. The third-order valence-electron chi connectivity index (χ3n) is 5.51. The molecule has 7 heteroatoms. The number of nitrogens with one attached hydrogen (secondary N) is 2. The molecular formula is C25H26N2O4S. The zero-order valence-corrected chi connectivity index (χ0v) is 18.7. The first-order valence-electron chi connectivity index (χ1n) is 10.6. The standard InChI is InChI=1S/C25H26N2O4S/c1-18-9-11-20(12-10-18)27-32(29,30)22-15-13-21(14-16-22)31-17-25(28)26-24-8-4-6-19-5-2-3-7-23(19)24/h2-3,5,7,9-16,24,27H,4,6,8,17H2,1H3,(H,26,28)/t24-/m0/s1. The Morgan fingerprint density at radius 3 is 2.47 bits per heavy atom. The van der Waals surface area contributed by atoms with Crippen LogP contribution in [-0.2, 0) is 21.2 Å². The van der Waals surface area contributed by atoms with Gasteiger partial charge in [0, 0.05) is 5.69 Å². The van der Waals surface area contributed by atoms with Crippen LogP contribution in [0.1, 0.15) is 35.6 Å². The Morgan fingerprint density at radius 2 is 1.72 bits per heavy atom. The van der Waals surface area contributed by atoms with Gasteiger partial charge in [-0.15, -0.1) is 0 Å². The number of anilines is 1. The van der Waals surface area contributed by atoms with E-state index in [0.29, 0.717) is 11.4 Å². The van der Waals surface area contributed by atoms with Crippen LogP contribution in [0.15, 0.2) is 77.7 Å². The van der Waals surface area contributed by atoms with Crippen molar-refractivity contribution in [3.63, 3.8) is 0 Å². The highest BCUT2D eigenvalue weighted by molar-refractivity contribution is 7.92. The number of carbonyl (C=O) groups excluding carboxylic acids is 1. The fourth-order valence-corrected chi connectivity index (χ4v) is 4.90. The number of sulfonamides is 1.